The van der Waals surface area contributed by atoms with Gasteiger partial charge in [0.15, 0.2) is 0 Å². The quantitative estimate of drug-likeness (QED) is 0.0868. The van der Waals surface area contributed by atoms with Gasteiger partial charge >= 0.3 is 6.16 Å². The second-order valence-corrected chi connectivity index (χ2v) is 11.0. The molecule has 5 nitrogen and oxygen atoms in total. The summed E-state index contributed by atoms with van der Waals surface area (Å²) in [5.74, 6) is 0.824. The fourth-order valence-electron chi connectivity index (χ4n) is 5.11. The summed E-state index contributed by atoms with van der Waals surface area (Å²) in [5.41, 5.74) is 3.80. The predicted octanol–water partition coefficient (Wildman–Crippen LogP) is 8.73. The van der Waals surface area contributed by atoms with Crippen LogP contribution in [0.3, 0.4) is 0 Å². The number of hydrogen-bond donors (Lipinski definition) is 0. The topological polar surface area (TPSA) is 54.0 Å². The number of ether oxygens (including phenoxy) is 4. The molecule has 0 aliphatic heterocycles. The van der Waals surface area contributed by atoms with Gasteiger partial charge in [-0.15, -0.1) is 0 Å². The van der Waals surface area contributed by atoms with Crippen LogP contribution < -0.4 is 9.47 Å². The third kappa shape index (κ3) is 7.67. The zero-order valence-electron chi connectivity index (χ0n) is 25.2. The maximum absolute atomic E-state index is 12.7. The zero-order valence-corrected chi connectivity index (χ0v) is 25.2. The first-order valence-corrected chi connectivity index (χ1v) is 14.8. The van der Waals surface area contributed by atoms with E-state index in [0.717, 1.165) is 35.1 Å². The summed E-state index contributed by atoms with van der Waals surface area (Å²) in [5, 5.41) is 0. The fraction of sp³-hybridized carbons (Fsp3) is 0.324. The SMILES string of the molecule is CCCOCC(C)(c1ccccc1)c1ccc(OC(=O)Oc2ccc(C(C)(COCCC)c3ccccc3)cc2)cc1. The highest BCUT2D eigenvalue weighted by molar-refractivity contribution is 5.67. The molecule has 220 valence electrons. The Morgan fingerprint density at radius 1 is 0.524 bits per heavy atom. The van der Waals surface area contributed by atoms with Crippen LogP contribution in [0.1, 0.15) is 62.8 Å². The molecule has 0 bridgehead atoms. The van der Waals surface area contributed by atoms with E-state index < -0.39 is 6.16 Å². The van der Waals surface area contributed by atoms with Gasteiger partial charge in [-0.1, -0.05) is 98.8 Å². The number of carbonyl (C=O) groups excluding carboxylic acids is 1. The summed E-state index contributed by atoms with van der Waals surface area (Å²) in [6, 6.07) is 35.7. The summed E-state index contributed by atoms with van der Waals surface area (Å²) in [7, 11) is 0. The van der Waals surface area contributed by atoms with Crippen molar-refractivity contribution in [2.75, 3.05) is 26.4 Å². The van der Waals surface area contributed by atoms with Gasteiger partial charge in [-0.25, -0.2) is 4.79 Å². The minimum absolute atomic E-state index is 0.340. The van der Waals surface area contributed by atoms with Crippen molar-refractivity contribution in [1.29, 1.82) is 0 Å². The van der Waals surface area contributed by atoms with Crippen LogP contribution in [0, 0.1) is 0 Å². The number of carbonyl (C=O) groups is 1. The Kier molecular flexibility index (Phi) is 10.9. The molecule has 4 rings (SSSR count). The van der Waals surface area contributed by atoms with Crippen molar-refractivity contribution in [1.82, 2.24) is 0 Å². The van der Waals surface area contributed by atoms with E-state index in [0.29, 0.717) is 37.9 Å². The Morgan fingerprint density at radius 2 is 0.857 bits per heavy atom. The summed E-state index contributed by atoms with van der Waals surface area (Å²) in [4.78, 5) is 12.7. The van der Waals surface area contributed by atoms with Crippen LogP contribution in [-0.2, 0) is 20.3 Å². The van der Waals surface area contributed by atoms with Gasteiger partial charge in [0.05, 0.1) is 13.2 Å². The monoisotopic (exact) mass is 566 g/mol. The molecule has 0 saturated heterocycles. The highest BCUT2D eigenvalue weighted by atomic mass is 16.7. The first-order valence-electron chi connectivity index (χ1n) is 14.8. The first kappa shape index (κ1) is 31.0. The average molecular weight is 567 g/mol. The Hall–Kier alpha value is -3.93. The number of hydrogen-bond acceptors (Lipinski definition) is 5. The third-order valence-electron chi connectivity index (χ3n) is 7.69. The second kappa shape index (κ2) is 14.8. The lowest BCUT2D eigenvalue weighted by molar-refractivity contribution is 0.102. The largest absolute Gasteiger partial charge is 0.519 e. The van der Waals surface area contributed by atoms with Gasteiger partial charge in [0.25, 0.3) is 0 Å². The highest BCUT2D eigenvalue weighted by Gasteiger charge is 2.30. The molecule has 0 saturated carbocycles. The van der Waals surface area contributed by atoms with Gasteiger partial charge in [0.2, 0.25) is 0 Å². The van der Waals surface area contributed by atoms with E-state index in [1.807, 2.05) is 60.7 Å². The molecule has 42 heavy (non-hydrogen) atoms. The van der Waals surface area contributed by atoms with Crippen molar-refractivity contribution in [2.45, 2.75) is 51.4 Å². The van der Waals surface area contributed by atoms with Crippen molar-refractivity contribution >= 4 is 6.16 Å². The molecule has 5 heteroatoms. The second-order valence-electron chi connectivity index (χ2n) is 11.0. The van der Waals surface area contributed by atoms with Crippen LogP contribution in [0.15, 0.2) is 109 Å². The molecule has 0 radical (unpaired) electrons. The van der Waals surface area contributed by atoms with Gasteiger partial charge < -0.3 is 18.9 Å². The number of rotatable bonds is 14. The summed E-state index contributed by atoms with van der Waals surface area (Å²) >= 11 is 0. The maximum Gasteiger partial charge on any atom is 0.519 e. The minimum Gasteiger partial charge on any atom is -0.395 e. The Bertz CT molecular complexity index is 1260. The van der Waals surface area contributed by atoms with Crippen LogP contribution in [0.4, 0.5) is 4.79 Å². The molecule has 0 N–H and O–H groups in total. The van der Waals surface area contributed by atoms with E-state index >= 15 is 0 Å². The van der Waals surface area contributed by atoms with Gasteiger partial charge in [-0.05, 0) is 73.2 Å². The normalized spacial score (nSPS) is 14.0. The van der Waals surface area contributed by atoms with Crippen LogP contribution in [0.2, 0.25) is 0 Å². The maximum atomic E-state index is 12.7. The van der Waals surface area contributed by atoms with E-state index in [9.17, 15) is 4.79 Å². The fourth-order valence-corrected chi connectivity index (χ4v) is 5.11. The van der Waals surface area contributed by atoms with Gasteiger partial charge in [0, 0.05) is 24.0 Å². The van der Waals surface area contributed by atoms with Crippen molar-refractivity contribution in [3.8, 4) is 11.5 Å². The lowest BCUT2D eigenvalue weighted by atomic mass is 9.77. The summed E-state index contributed by atoms with van der Waals surface area (Å²) in [6.07, 6.45) is 1.13. The number of benzene rings is 4. The van der Waals surface area contributed by atoms with E-state index in [1.54, 1.807) is 24.3 Å². The van der Waals surface area contributed by atoms with E-state index in [-0.39, 0.29) is 10.8 Å². The van der Waals surface area contributed by atoms with Gasteiger partial charge in [0.1, 0.15) is 11.5 Å². The molecule has 2 unspecified atom stereocenters. The lowest BCUT2D eigenvalue weighted by Crippen LogP contribution is -2.30. The van der Waals surface area contributed by atoms with Crippen molar-refractivity contribution < 1.29 is 23.7 Å². The molecule has 0 fully saturated rings. The molecule has 0 aromatic heterocycles. The van der Waals surface area contributed by atoms with E-state index in [1.165, 1.54) is 0 Å². The molecule has 4 aromatic rings. The average Bonchev–Trinajstić information content (AvgIpc) is 3.02. The molecule has 0 aliphatic carbocycles. The Morgan fingerprint density at radius 3 is 1.19 bits per heavy atom. The molecule has 0 amide bonds. The van der Waals surface area contributed by atoms with E-state index in [2.05, 4.69) is 52.0 Å². The third-order valence-corrected chi connectivity index (χ3v) is 7.69. The van der Waals surface area contributed by atoms with Crippen LogP contribution in [0.25, 0.3) is 0 Å². The van der Waals surface area contributed by atoms with E-state index in [4.69, 9.17) is 18.9 Å². The van der Waals surface area contributed by atoms with Crippen molar-refractivity contribution in [2.24, 2.45) is 0 Å². The molecular weight excluding hydrogens is 524 g/mol. The summed E-state index contributed by atoms with van der Waals surface area (Å²) < 4.78 is 23.0. The lowest BCUT2D eigenvalue weighted by Gasteiger charge is -2.31. The van der Waals surface area contributed by atoms with Crippen molar-refractivity contribution in [3.63, 3.8) is 0 Å². The van der Waals surface area contributed by atoms with Crippen LogP contribution in [0.5, 0.6) is 11.5 Å². The summed E-state index contributed by atoms with van der Waals surface area (Å²) in [6.45, 7) is 11.1. The molecule has 2 atom stereocenters. The molecule has 0 aliphatic rings. The Balaban J connectivity index is 1.43. The first-order chi connectivity index (χ1) is 20.4. The minimum atomic E-state index is -0.787. The predicted molar refractivity (Wildman–Crippen MR) is 168 cm³/mol. The smallest absolute Gasteiger partial charge is 0.395 e. The standard InChI is InChI=1S/C37H42O5/c1-5-25-39-27-36(3,29-13-9-7-10-14-29)31-17-21-33(22-18-31)41-35(38)42-34-23-19-32(20-24-34)37(4,28-40-26-6-2)30-15-11-8-12-16-30/h7-24H,5-6,25-28H2,1-4H3. The van der Waals surface area contributed by atoms with Crippen molar-refractivity contribution in [3.05, 3.63) is 131 Å². The molecule has 0 heterocycles. The zero-order chi connectivity index (χ0) is 29.8. The highest BCUT2D eigenvalue weighted by Crippen LogP contribution is 2.35. The van der Waals surface area contributed by atoms with Gasteiger partial charge in [-0.3, -0.25) is 0 Å². The Labute approximate surface area is 250 Å². The van der Waals surface area contributed by atoms with Gasteiger partial charge in [-0.2, -0.15) is 0 Å². The molecule has 4 aromatic carbocycles. The van der Waals surface area contributed by atoms with Crippen LogP contribution >= 0.6 is 0 Å². The molecule has 0 spiro atoms. The molecular formula is C37H42O5. The van der Waals surface area contributed by atoms with Crippen LogP contribution in [-0.4, -0.2) is 32.6 Å².